The van der Waals surface area contributed by atoms with Crippen LogP contribution in [0.5, 0.6) is 5.75 Å². The fraction of sp³-hybridized carbons (Fsp3) is 0.571. The highest BCUT2D eigenvalue weighted by Crippen LogP contribution is 2.28. The van der Waals surface area contributed by atoms with Crippen LogP contribution in [0.3, 0.4) is 0 Å². The predicted molar refractivity (Wildman–Crippen MR) is 69.8 cm³/mol. The van der Waals surface area contributed by atoms with E-state index in [2.05, 4.69) is 28.8 Å². The van der Waals surface area contributed by atoms with E-state index in [1.165, 1.54) is 30.5 Å². The molecule has 1 saturated heterocycles. The molecular weight excluding hydrogens is 212 g/mol. The van der Waals surface area contributed by atoms with Crippen LogP contribution < -0.4 is 15.4 Å². The second-order valence-corrected chi connectivity index (χ2v) is 4.94. The zero-order valence-electron chi connectivity index (χ0n) is 10.2. The SMILES string of the molecule is c1cc2c(cc1NC1CCCNCC1)CCO2. The normalized spacial score (nSPS) is 23.6. The van der Waals surface area contributed by atoms with Gasteiger partial charge in [0, 0.05) is 18.2 Å². The first-order chi connectivity index (χ1) is 8.42. The van der Waals surface area contributed by atoms with Crippen molar-refractivity contribution in [2.24, 2.45) is 0 Å². The number of hydrogen-bond acceptors (Lipinski definition) is 3. The number of anilines is 1. The van der Waals surface area contributed by atoms with Crippen molar-refractivity contribution in [1.29, 1.82) is 0 Å². The summed E-state index contributed by atoms with van der Waals surface area (Å²) in [4.78, 5) is 0. The zero-order chi connectivity index (χ0) is 11.5. The summed E-state index contributed by atoms with van der Waals surface area (Å²) in [5.41, 5.74) is 2.60. The molecule has 0 aromatic heterocycles. The van der Waals surface area contributed by atoms with E-state index in [1.807, 2.05) is 0 Å². The van der Waals surface area contributed by atoms with Crippen molar-refractivity contribution in [2.75, 3.05) is 25.0 Å². The Morgan fingerprint density at radius 3 is 3.24 bits per heavy atom. The highest BCUT2D eigenvalue weighted by molar-refractivity contribution is 5.52. The van der Waals surface area contributed by atoms with Crippen LogP contribution in [0.15, 0.2) is 18.2 Å². The van der Waals surface area contributed by atoms with Crippen LogP contribution in [-0.4, -0.2) is 25.7 Å². The third-order valence-electron chi connectivity index (χ3n) is 3.64. The van der Waals surface area contributed by atoms with Gasteiger partial charge in [0.15, 0.2) is 0 Å². The van der Waals surface area contributed by atoms with Crippen LogP contribution >= 0.6 is 0 Å². The van der Waals surface area contributed by atoms with E-state index in [9.17, 15) is 0 Å². The monoisotopic (exact) mass is 232 g/mol. The van der Waals surface area contributed by atoms with Crippen molar-refractivity contribution in [3.63, 3.8) is 0 Å². The van der Waals surface area contributed by atoms with Gasteiger partial charge in [-0.3, -0.25) is 0 Å². The molecule has 0 spiro atoms. The van der Waals surface area contributed by atoms with Crippen LogP contribution in [0.25, 0.3) is 0 Å². The largest absolute Gasteiger partial charge is 0.493 e. The number of nitrogens with one attached hydrogen (secondary N) is 2. The van der Waals surface area contributed by atoms with E-state index in [4.69, 9.17) is 4.74 Å². The van der Waals surface area contributed by atoms with E-state index in [0.29, 0.717) is 6.04 Å². The average Bonchev–Trinajstić information content (AvgIpc) is 2.65. The molecule has 0 radical (unpaired) electrons. The van der Waals surface area contributed by atoms with Crippen molar-refractivity contribution < 1.29 is 4.74 Å². The third kappa shape index (κ3) is 2.55. The molecule has 1 atom stereocenters. The molecule has 92 valence electrons. The third-order valence-corrected chi connectivity index (χ3v) is 3.64. The molecule has 0 bridgehead atoms. The van der Waals surface area contributed by atoms with Gasteiger partial charge < -0.3 is 15.4 Å². The molecule has 0 amide bonds. The molecule has 3 rings (SSSR count). The van der Waals surface area contributed by atoms with E-state index in [0.717, 1.165) is 31.9 Å². The summed E-state index contributed by atoms with van der Waals surface area (Å²) in [5.74, 6) is 1.07. The Morgan fingerprint density at radius 1 is 1.24 bits per heavy atom. The van der Waals surface area contributed by atoms with Crippen LogP contribution in [0, 0.1) is 0 Å². The fourth-order valence-electron chi connectivity index (χ4n) is 2.68. The van der Waals surface area contributed by atoms with E-state index < -0.39 is 0 Å². The van der Waals surface area contributed by atoms with Gasteiger partial charge in [-0.1, -0.05) is 0 Å². The van der Waals surface area contributed by atoms with Gasteiger partial charge in [-0.15, -0.1) is 0 Å². The summed E-state index contributed by atoms with van der Waals surface area (Å²) in [6.07, 6.45) is 4.80. The minimum atomic E-state index is 0.616. The highest BCUT2D eigenvalue weighted by Gasteiger charge is 2.15. The Kier molecular flexibility index (Phi) is 3.18. The van der Waals surface area contributed by atoms with Gasteiger partial charge in [0.05, 0.1) is 6.61 Å². The fourth-order valence-corrected chi connectivity index (χ4v) is 2.68. The summed E-state index contributed by atoms with van der Waals surface area (Å²) in [6, 6.07) is 7.10. The lowest BCUT2D eigenvalue weighted by atomic mass is 10.1. The van der Waals surface area contributed by atoms with E-state index in [1.54, 1.807) is 0 Å². The maximum Gasteiger partial charge on any atom is 0.122 e. The number of ether oxygens (including phenoxy) is 1. The Balaban J connectivity index is 1.67. The van der Waals surface area contributed by atoms with Gasteiger partial charge >= 0.3 is 0 Å². The number of benzene rings is 1. The van der Waals surface area contributed by atoms with Gasteiger partial charge in [-0.25, -0.2) is 0 Å². The Hall–Kier alpha value is -1.22. The van der Waals surface area contributed by atoms with E-state index in [-0.39, 0.29) is 0 Å². The van der Waals surface area contributed by atoms with Crippen molar-refractivity contribution in [1.82, 2.24) is 5.32 Å². The van der Waals surface area contributed by atoms with Gasteiger partial charge in [-0.05, 0) is 56.1 Å². The molecule has 1 unspecified atom stereocenters. The first-order valence-corrected chi connectivity index (χ1v) is 6.65. The molecule has 2 aliphatic heterocycles. The van der Waals surface area contributed by atoms with Crippen LogP contribution in [0.2, 0.25) is 0 Å². The van der Waals surface area contributed by atoms with Gasteiger partial charge in [0.2, 0.25) is 0 Å². The lowest BCUT2D eigenvalue weighted by Gasteiger charge is -2.17. The molecule has 1 aromatic rings. The van der Waals surface area contributed by atoms with Crippen molar-refractivity contribution in [3.8, 4) is 5.75 Å². The average molecular weight is 232 g/mol. The van der Waals surface area contributed by atoms with Gasteiger partial charge in [-0.2, -0.15) is 0 Å². The molecule has 2 N–H and O–H groups in total. The Labute approximate surface area is 103 Å². The number of fused-ring (bicyclic) bond motifs is 1. The quantitative estimate of drug-likeness (QED) is 0.820. The lowest BCUT2D eigenvalue weighted by Crippen LogP contribution is -2.21. The molecule has 17 heavy (non-hydrogen) atoms. The molecule has 3 heteroatoms. The Morgan fingerprint density at radius 2 is 2.24 bits per heavy atom. The summed E-state index contributed by atoms with van der Waals surface area (Å²) >= 11 is 0. The first kappa shape index (κ1) is 10.9. The van der Waals surface area contributed by atoms with Crippen LogP contribution in [-0.2, 0) is 6.42 Å². The van der Waals surface area contributed by atoms with Crippen molar-refractivity contribution in [2.45, 2.75) is 31.7 Å². The summed E-state index contributed by atoms with van der Waals surface area (Å²) in [7, 11) is 0. The predicted octanol–water partition coefficient (Wildman–Crippen LogP) is 2.18. The topological polar surface area (TPSA) is 33.3 Å². The summed E-state index contributed by atoms with van der Waals surface area (Å²) in [6.45, 7) is 3.13. The smallest absolute Gasteiger partial charge is 0.122 e. The molecule has 1 fully saturated rings. The number of rotatable bonds is 2. The standard InChI is InChI=1S/C14H20N2O/c1-2-12(5-8-15-7-1)16-13-3-4-14-11(10-13)6-9-17-14/h3-4,10,12,15-16H,1-2,5-9H2. The molecule has 2 heterocycles. The van der Waals surface area contributed by atoms with Crippen LogP contribution in [0.4, 0.5) is 5.69 Å². The van der Waals surface area contributed by atoms with Crippen molar-refractivity contribution in [3.05, 3.63) is 23.8 Å². The molecule has 3 nitrogen and oxygen atoms in total. The van der Waals surface area contributed by atoms with E-state index >= 15 is 0 Å². The summed E-state index contributed by atoms with van der Waals surface area (Å²) in [5, 5.41) is 7.10. The summed E-state index contributed by atoms with van der Waals surface area (Å²) < 4.78 is 5.53. The minimum Gasteiger partial charge on any atom is -0.493 e. The minimum absolute atomic E-state index is 0.616. The second kappa shape index (κ2) is 4.96. The molecule has 0 saturated carbocycles. The second-order valence-electron chi connectivity index (χ2n) is 4.94. The Bertz CT molecular complexity index is 384. The first-order valence-electron chi connectivity index (χ1n) is 6.65. The van der Waals surface area contributed by atoms with Gasteiger partial charge in [0.1, 0.15) is 5.75 Å². The molecule has 0 aliphatic carbocycles. The number of hydrogen-bond donors (Lipinski definition) is 2. The van der Waals surface area contributed by atoms with Gasteiger partial charge in [0.25, 0.3) is 0 Å². The van der Waals surface area contributed by atoms with Crippen LogP contribution in [0.1, 0.15) is 24.8 Å². The maximum absolute atomic E-state index is 5.53. The molecular formula is C14H20N2O. The molecule has 2 aliphatic rings. The molecule has 1 aromatic carbocycles. The zero-order valence-corrected chi connectivity index (χ0v) is 10.2. The lowest BCUT2D eigenvalue weighted by molar-refractivity contribution is 0.357. The maximum atomic E-state index is 5.53. The van der Waals surface area contributed by atoms with Crippen molar-refractivity contribution >= 4 is 5.69 Å². The highest BCUT2D eigenvalue weighted by atomic mass is 16.5.